The second kappa shape index (κ2) is 9.56. The first-order valence-electron chi connectivity index (χ1n) is 11.4. The number of hydrogen-bond donors (Lipinski definition) is 1. The van der Waals surface area contributed by atoms with E-state index in [1.165, 1.54) is 5.69 Å². The Morgan fingerprint density at radius 2 is 1.77 bits per heavy atom. The average Bonchev–Trinajstić information content (AvgIpc) is 3.16. The van der Waals surface area contributed by atoms with Gasteiger partial charge >= 0.3 is 0 Å². The summed E-state index contributed by atoms with van der Waals surface area (Å²) in [5.41, 5.74) is 3.82. The number of carbonyl (C=O) groups is 1. The van der Waals surface area contributed by atoms with E-state index in [-0.39, 0.29) is 11.9 Å². The smallest absolute Gasteiger partial charge is 0.255 e. The van der Waals surface area contributed by atoms with Crippen LogP contribution in [0.5, 0.6) is 0 Å². The summed E-state index contributed by atoms with van der Waals surface area (Å²) >= 11 is 0. The van der Waals surface area contributed by atoms with Crippen LogP contribution in [0.4, 0.5) is 5.69 Å². The highest BCUT2D eigenvalue weighted by Crippen LogP contribution is 2.28. The number of fused-ring (bicyclic) bond motifs is 1. The van der Waals surface area contributed by atoms with Gasteiger partial charge in [-0.2, -0.15) is 0 Å². The Morgan fingerprint density at radius 1 is 1.06 bits per heavy atom. The summed E-state index contributed by atoms with van der Waals surface area (Å²) in [6.07, 6.45) is 2.85. The number of amides is 1. The summed E-state index contributed by atoms with van der Waals surface area (Å²) in [6.45, 7) is 8.47. The fourth-order valence-corrected chi connectivity index (χ4v) is 4.25. The SMILES string of the molecule is CCCCc1oc2ccccc2c1C(=O)NC(C)c1ccc(N2CCN(C)CC2)cc1. The van der Waals surface area contributed by atoms with Gasteiger partial charge in [-0.15, -0.1) is 0 Å². The van der Waals surface area contributed by atoms with Crippen LogP contribution in [0.3, 0.4) is 0 Å². The number of nitrogens with one attached hydrogen (secondary N) is 1. The molecule has 1 atom stereocenters. The van der Waals surface area contributed by atoms with Crippen molar-refractivity contribution in [2.24, 2.45) is 0 Å². The zero-order valence-corrected chi connectivity index (χ0v) is 18.9. The molecule has 1 aliphatic rings. The number of carbonyl (C=O) groups excluding carboxylic acids is 1. The van der Waals surface area contributed by atoms with E-state index in [9.17, 15) is 4.79 Å². The molecule has 1 N–H and O–H groups in total. The summed E-state index contributed by atoms with van der Waals surface area (Å²) in [7, 11) is 2.17. The van der Waals surface area contributed by atoms with Gasteiger partial charge < -0.3 is 19.5 Å². The Hall–Kier alpha value is -2.79. The van der Waals surface area contributed by atoms with Crippen LogP contribution >= 0.6 is 0 Å². The molecule has 164 valence electrons. The Bertz CT molecular complexity index is 1020. The maximum absolute atomic E-state index is 13.2. The molecule has 5 nitrogen and oxygen atoms in total. The molecule has 2 heterocycles. The number of anilines is 1. The van der Waals surface area contributed by atoms with E-state index in [1.807, 2.05) is 31.2 Å². The van der Waals surface area contributed by atoms with E-state index in [2.05, 4.69) is 53.4 Å². The molecule has 2 aromatic carbocycles. The molecule has 1 aromatic heterocycles. The van der Waals surface area contributed by atoms with Crippen molar-refractivity contribution in [3.05, 3.63) is 65.4 Å². The standard InChI is InChI=1S/C26H33N3O2/c1-4-5-9-24-25(22-8-6-7-10-23(22)31-24)26(30)27-19(2)20-11-13-21(14-12-20)29-17-15-28(3)16-18-29/h6-8,10-14,19H,4-5,9,15-18H2,1-3H3,(H,27,30). The Morgan fingerprint density at radius 3 is 2.48 bits per heavy atom. The average molecular weight is 420 g/mol. The zero-order chi connectivity index (χ0) is 21.8. The highest BCUT2D eigenvalue weighted by Gasteiger charge is 2.22. The van der Waals surface area contributed by atoms with Crippen LogP contribution in [0.15, 0.2) is 52.9 Å². The molecule has 0 bridgehead atoms. The number of nitrogens with zero attached hydrogens (tertiary/aromatic N) is 2. The summed E-state index contributed by atoms with van der Waals surface area (Å²) in [6, 6.07) is 16.3. The lowest BCUT2D eigenvalue weighted by molar-refractivity contribution is 0.0939. The number of piperazine rings is 1. The molecule has 1 saturated heterocycles. The number of unbranched alkanes of at least 4 members (excludes halogenated alkanes) is 1. The summed E-state index contributed by atoms with van der Waals surface area (Å²) in [5.74, 6) is 0.727. The minimum Gasteiger partial charge on any atom is -0.460 e. The number of furan rings is 1. The maximum Gasteiger partial charge on any atom is 0.255 e. The van der Waals surface area contributed by atoms with Crippen LogP contribution in [0, 0.1) is 0 Å². The van der Waals surface area contributed by atoms with Crippen molar-refractivity contribution in [1.29, 1.82) is 0 Å². The van der Waals surface area contributed by atoms with E-state index in [1.54, 1.807) is 0 Å². The van der Waals surface area contributed by atoms with Crippen LogP contribution in [-0.2, 0) is 6.42 Å². The van der Waals surface area contributed by atoms with E-state index < -0.39 is 0 Å². The summed E-state index contributed by atoms with van der Waals surface area (Å²) < 4.78 is 6.03. The molecule has 0 aliphatic carbocycles. The first kappa shape index (κ1) is 21.4. The van der Waals surface area contributed by atoms with E-state index >= 15 is 0 Å². The van der Waals surface area contributed by atoms with Gasteiger partial charge in [0.15, 0.2) is 0 Å². The Kier molecular flexibility index (Phi) is 6.62. The van der Waals surface area contributed by atoms with Gasteiger partial charge in [-0.25, -0.2) is 0 Å². The topological polar surface area (TPSA) is 48.7 Å². The largest absolute Gasteiger partial charge is 0.460 e. The van der Waals surface area contributed by atoms with Gasteiger partial charge in [-0.1, -0.05) is 43.7 Å². The molecule has 0 saturated carbocycles. The van der Waals surface area contributed by atoms with Gasteiger partial charge in [0.1, 0.15) is 11.3 Å². The molecule has 1 aliphatic heterocycles. The van der Waals surface area contributed by atoms with E-state index in [0.29, 0.717) is 5.56 Å². The van der Waals surface area contributed by atoms with Crippen LogP contribution in [-0.4, -0.2) is 44.0 Å². The molecule has 4 rings (SSSR count). The van der Waals surface area contributed by atoms with Gasteiger partial charge in [0, 0.05) is 43.7 Å². The zero-order valence-electron chi connectivity index (χ0n) is 18.9. The van der Waals surface area contributed by atoms with Crippen LogP contribution in [0.2, 0.25) is 0 Å². The molecule has 3 aromatic rings. The Labute approximate surface area is 185 Å². The van der Waals surface area contributed by atoms with Gasteiger partial charge in [-0.05, 0) is 44.2 Å². The van der Waals surface area contributed by atoms with E-state index in [0.717, 1.165) is 67.7 Å². The number of aryl methyl sites for hydroxylation is 1. The highest BCUT2D eigenvalue weighted by molar-refractivity contribution is 6.07. The van der Waals surface area contributed by atoms with Crippen molar-refractivity contribution in [1.82, 2.24) is 10.2 Å². The second-order valence-corrected chi connectivity index (χ2v) is 8.58. The number of benzene rings is 2. The number of likely N-dealkylation sites (N-methyl/N-ethyl adjacent to an activating group) is 1. The van der Waals surface area contributed by atoms with Crippen LogP contribution in [0.1, 0.15) is 54.4 Å². The summed E-state index contributed by atoms with van der Waals surface area (Å²) in [4.78, 5) is 18.0. The fraction of sp³-hybridized carbons (Fsp3) is 0.423. The third-order valence-electron chi connectivity index (χ3n) is 6.26. The molecular formula is C26H33N3O2. The molecule has 1 unspecified atom stereocenters. The van der Waals surface area contributed by atoms with E-state index in [4.69, 9.17) is 4.42 Å². The highest BCUT2D eigenvalue weighted by atomic mass is 16.3. The normalized spacial score (nSPS) is 15.9. The van der Waals surface area contributed by atoms with Crippen LogP contribution < -0.4 is 10.2 Å². The molecule has 31 heavy (non-hydrogen) atoms. The molecule has 0 radical (unpaired) electrons. The third-order valence-corrected chi connectivity index (χ3v) is 6.26. The molecular weight excluding hydrogens is 386 g/mol. The first-order chi connectivity index (χ1) is 15.1. The van der Waals surface area contributed by atoms with Crippen molar-refractivity contribution >= 4 is 22.6 Å². The predicted molar refractivity (Wildman–Crippen MR) is 127 cm³/mol. The second-order valence-electron chi connectivity index (χ2n) is 8.58. The minimum atomic E-state index is -0.0817. The van der Waals surface area contributed by atoms with Crippen molar-refractivity contribution in [3.63, 3.8) is 0 Å². The predicted octanol–water partition coefficient (Wildman–Crippen LogP) is 5.02. The lowest BCUT2D eigenvalue weighted by Gasteiger charge is -2.34. The quantitative estimate of drug-likeness (QED) is 0.584. The molecule has 5 heteroatoms. The number of para-hydroxylation sites is 1. The van der Waals surface area contributed by atoms with Gasteiger partial charge in [0.25, 0.3) is 5.91 Å². The van der Waals surface area contributed by atoms with Gasteiger partial charge in [0.2, 0.25) is 0 Å². The maximum atomic E-state index is 13.2. The lowest BCUT2D eigenvalue weighted by atomic mass is 10.0. The number of hydrogen-bond acceptors (Lipinski definition) is 4. The monoisotopic (exact) mass is 419 g/mol. The minimum absolute atomic E-state index is 0.0632. The van der Waals surface area contributed by atoms with Crippen molar-refractivity contribution < 1.29 is 9.21 Å². The Balaban J connectivity index is 1.48. The lowest BCUT2D eigenvalue weighted by Crippen LogP contribution is -2.44. The first-order valence-corrected chi connectivity index (χ1v) is 11.4. The third kappa shape index (κ3) is 4.77. The van der Waals surface area contributed by atoms with Crippen molar-refractivity contribution in [2.75, 3.05) is 38.1 Å². The molecule has 0 spiro atoms. The molecule has 1 amide bonds. The van der Waals surface area contributed by atoms with Crippen LogP contribution in [0.25, 0.3) is 11.0 Å². The summed E-state index contributed by atoms with van der Waals surface area (Å²) in [5, 5.41) is 4.09. The molecule has 1 fully saturated rings. The van der Waals surface area contributed by atoms with Gasteiger partial charge in [-0.3, -0.25) is 4.79 Å². The van der Waals surface area contributed by atoms with Crippen molar-refractivity contribution in [3.8, 4) is 0 Å². The number of rotatable bonds is 7. The van der Waals surface area contributed by atoms with Gasteiger partial charge in [0.05, 0.1) is 11.6 Å². The fourth-order valence-electron chi connectivity index (χ4n) is 4.25. The van der Waals surface area contributed by atoms with Crippen molar-refractivity contribution in [2.45, 2.75) is 39.2 Å².